The molecule has 0 amide bonds. The van der Waals surface area contributed by atoms with Crippen LogP contribution in [0.3, 0.4) is 0 Å². The molecule has 1 aromatic carbocycles. The molecule has 0 bridgehead atoms. The van der Waals surface area contributed by atoms with Crippen LogP contribution in [0.5, 0.6) is 0 Å². The van der Waals surface area contributed by atoms with Crippen molar-refractivity contribution in [3.63, 3.8) is 0 Å². The number of aromatic nitrogens is 2. The van der Waals surface area contributed by atoms with Crippen LogP contribution >= 0.6 is 0 Å². The number of benzene rings is 1. The Morgan fingerprint density at radius 3 is 2.95 bits per heavy atom. The molecule has 0 fully saturated rings. The van der Waals surface area contributed by atoms with Gasteiger partial charge in [0.1, 0.15) is 0 Å². The van der Waals surface area contributed by atoms with Crippen molar-refractivity contribution in [2.24, 2.45) is 0 Å². The van der Waals surface area contributed by atoms with E-state index in [-0.39, 0.29) is 5.56 Å². The van der Waals surface area contributed by atoms with Crippen LogP contribution in [0.2, 0.25) is 0 Å². The van der Waals surface area contributed by atoms with Crippen LogP contribution in [-0.2, 0) is 25.8 Å². The van der Waals surface area contributed by atoms with Crippen molar-refractivity contribution < 1.29 is 0 Å². The molecule has 1 N–H and O–H groups in total. The van der Waals surface area contributed by atoms with Crippen LogP contribution in [0.4, 0.5) is 5.69 Å². The van der Waals surface area contributed by atoms with E-state index in [0.29, 0.717) is 6.54 Å². The highest BCUT2D eigenvalue weighted by Crippen LogP contribution is 2.23. The zero-order valence-corrected chi connectivity index (χ0v) is 12.1. The third kappa shape index (κ3) is 2.35. The fourth-order valence-electron chi connectivity index (χ4n) is 3.36. The normalized spacial score (nSPS) is 16.2. The molecule has 2 heterocycles. The summed E-state index contributed by atoms with van der Waals surface area (Å²) in [7, 11) is 0. The zero-order chi connectivity index (χ0) is 14.2. The number of aryl methyl sites for hydroxylation is 3. The number of rotatable bonds is 2. The standard InChI is InChI=1S/C17H19N3O/c21-17-10-16-15(5-2-8-18-16)19-20(17)11-12-6-7-13-3-1-4-14(13)9-12/h6-7,9-10,18H,1-5,8,11H2. The van der Waals surface area contributed by atoms with Crippen LogP contribution in [0.25, 0.3) is 0 Å². The highest BCUT2D eigenvalue weighted by molar-refractivity contribution is 5.48. The Morgan fingerprint density at radius 2 is 2.00 bits per heavy atom. The van der Waals surface area contributed by atoms with Crippen molar-refractivity contribution in [3.05, 3.63) is 57.0 Å². The van der Waals surface area contributed by atoms with Crippen molar-refractivity contribution in [1.82, 2.24) is 9.78 Å². The van der Waals surface area contributed by atoms with E-state index >= 15 is 0 Å². The lowest BCUT2D eigenvalue weighted by molar-refractivity contribution is 0.608. The maximum Gasteiger partial charge on any atom is 0.269 e. The van der Waals surface area contributed by atoms with E-state index in [1.165, 1.54) is 36.0 Å². The predicted molar refractivity (Wildman–Crippen MR) is 82.9 cm³/mol. The molecule has 0 saturated carbocycles. The van der Waals surface area contributed by atoms with Crippen LogP contribution < -0.4 is 10.9 Å². The van der Waals surface area contributed by atoms with E-state index in [2.05, 4.69) is 28.6 Å². The Kier molecular flexibility index (Phi) is 3.02. The average molecular weight is 281 g/mol. The molecule has 0 atom stereocenters. The molecule has 108 valence electrons. The first-order chi connectivity index (χ1) is 10.3. The van der Waals surface area contributed by atoms with Crippen molar-refractivity contribution in [2.75, 3.05) is 11.9 Å². The lowest BCUT2D eigenvalue weighted by Gasteiger charge is -2.17. The molecule has 4 heteroatoms. The van der Waals surface area contributed by atoms with E-state index < -0.39 is 0 Å². The first-order valence-electron chi connectivity index (χ1n) is 7.75. The van der Waals surface area contributed by atoms with Crippen LogP contribution in [0.15, 0.2) is 29.1 Å². The summed E-state index contributed by atoms with van der Waals surface area (Å²) in [4.78, 5) is 12.2. The Morgan fingerprint density at radius 1 is 1.10 bits per heavy atom. The second-order valence-corrected chi connectivity index (χ2v) is 5.99. The van der Waals surface area contributed by atoms with Gasteiger partial charge in [-0.2, -0.15) is 5.10 Å². The van der Waals surface area contributed by atoms with Crippen molar-refractivity contribution in [2.45, 2.75) is 38.6 Å². The van der Waals surface area contributed by atoms with E-state index in [9.17, 15) is 4.79 Å². The summed E-state index contributed by atoms with van der Waals surface area (Å²) in [5.74, 6) is 0. The van der Waals surface area contributed by atoms with Gasteiger partial charge in [0.2, 0.25) is 0 Å². The summed E-state index contributed by atoms with van der Waals surface area (Å²) < 4.78 is 1.60. The molecule has 0 saturated heterocycles. The van der Waals surface area contributed by atoms with Crippen LogP contribution in [0.1, 0.15) is 35.2 Å². The number of anilines is 1. The van der Waals surface area contributed by atoms with Gasteiger partial charge in [0.25, 0.3) is 5.56 Å². The third-order valence-corrected chi connectivity index (χ3v) is 4.48. The summed E-state index contributed by atoms with van der Waals surface area (Å²) in [6, 6.07) is 8.28. The Balaban J connectivity index is 1.66. The average Bonchev–Trinajstić information content (AvgIpc) is 2.95. The highest BCUT2D eigenvalue weighted by atomic mass is 16.1. The second kappa shape index (κ2) is 5.02. The number of hydrogen-bond acceptors (Lipinski definition) is 3. The van der Waals surface area contributed by atoms with E-state index in [4.69, 9.17) is 0 Å². The van der Waals surface area contributed by atoms with Gasteiger partial charge in [0.15, 0.2) is 0 Å². The molecule has 1 aliphatic carbocycles. The topological polar surface area (TPSA) is 46.9 Å². The number of nitrogens with zero attached hydrogens (tertiary/aromatic N) is 2. The molecular formula is C17H19N3O. The molecule has 2 aromatic rings. The number of hydrogen-bond donors (Lipinski definition) is 1. The summed E-state index contributed by atoms with van der Waals surface area (Å²) >= 11 is 0. The first kappa shape index (κ1) is 12.6. The fourth-order valence-corrected chi connectivity index (χ4v) is 3.36. The van der Waals surface area contributed by atoms with Gasteiger partial charge in [-0.3, -0.25) is 4.79 Å². The van der Waals surface area contributed by atoms with Gasteiger partial charge >= 0.3 is 0 Å². The quantitative estimate of drug-likeness (QED) is 0.917. The molecule has 1 aliphatic heterocycles. The largest absolute Gasteiger partial charge is 0.383 e. The monoisotopic (exact) mass is 281 g/mol. The van der Waals surface area contributed by atoms with Gasteiger partial charge in [-0.05, 0) is 48.8 Å². The molecular weight excluding hydrogens is 262 g/mol. The number of nitrogens with one attached hydrogen (secondary N) is 1. The van der Waals surface area contributed by atoms with Gasteiger partial charge < -0.3 is 5.32 Å². The molecule has 0 spiro atoms. The van der Waals surface area contributed by atoms with Gasteiger partial charge in [-0.1, -0.05) is 18.2 Å². The SMILES string of the molecule is O=c1cc2c(nn1Cc1ccc3c(c1)CCC3)CCCN2. The summed E-state index contributed by atoms with van der Waals surface area (Å²) in [5, 5.41) is 7.80. The van der Waals surface area contributed by atoms with E-state index in [1.54, 1.807) is 10.7 Å². The molecule has 21 heavy (non-hydrogen) atoms. The van der Waals surface area contributed by atoms with Gasteiger partial charge in [-0.15, -0.1) is 0 Å². The van der Waals surface area contributed by atoms with Crippen molar-refractivity contribution in [3.8, 4) is 0 Å². The molecule has 0 radical (unpaired) electrons. The molecule has 4 rings (SSSR count). The van der Waals surface area contributed by atoms with Crippen LogP contribution in [0, 0.1) is 0 Å². The van der Waals surface area contributed by atoms with Gasteiger partial charge in [0.05, 0.1) is 17.9 Å². The molecule has 0 unspecified atom stereocenters. The zero-order valence-electron chi connectivity index (χ0n) is 12.1. The Bertz CT molecular complexity index is 748. The molecule has 1 aromatic heterocycles. The van der Waals surface area contributed by atoms with Crippen LogP contribution in [-0.4, -0.2) is 16.3 Å². The van der Waals surface area contributed by atoms with E-state index in [1.807, 2.05) is 0 Å². The van der Waals surface area contributed by atoms with Crippen molar-refractivity contribution >= 4 is 5.69 Å². The van der Waals surface area contributed by atoms with Gasteiger partial charge in [0, 0.05) is 12.6 Å². The summed E-state index contributed by atoms with van der Waals surface area (Å²) in [6.07, 6.45) is 5.64. The molecule has 4 nitrogen and oxygen atoms in total. The Hall–Kier alpha value is -2.10. The minimum absolute atomic E-state index is 0.0244. The lowest BCUT2D eigenvalue weighted by Crippen LogP contribution is -2.27. The first-order valence-corrected chi connectivity index (χ1v) is 7.75. The third-order valence-electron chi connectivity index (χ3n) is 4.48. The second-order valence-electron chi connectivity index (χ2n) is 5.99. The fraction of sp³-hybridized carbons (Fsp3) is 0.412. The number of fused-ring (bicyclic) bond motifs is 2. The highest BCUT2D eigenvalue weighted by Gasteiger charge is 2.14. The minimum Gasteiger partial charge on any atom is -0.383 e. The maximum atomic E-state index is 12.2. The molecule has 2 aliphatic rings. The Labute approximate surface area is 123 Å². The minimum atomic E-state index is -0.0244. The van der Waals surface area contributed by atoms with Gasteiger partial charge in [-0.25, -0.2) is 4.68 Å². The maximum absolute atomic E-state index is 12.2. The predicted octanol–water partition coefficient (Wildman–Crippen LogP) is 2.14. The summed E-state index contributed by atoms with van der Waals surface area (Å²) in [6.45, 7) is 1.50. The summed E-state index contributed by atoms with van der Waals surface area (Å²) in [5.41, 5.74) is 5.99. The van der Waals surface area contributed by atoms with E-state index in [0.717, 1.165) is 30.8 Å². The smallest absolute Gasteiger partial charge is 0.269 e. The lowest BCUT2D eigenvalue weighted by atomic mass is 10.1. The van der Waals surface area contributed by atoms with Crippen molar-refractivity contribution in [1.29, 1.82) is 0 Å².